The predicted octanol–water partition coefficient (Wildman–Crippen LogP) is 3.21. The van der Waals surface area contributed by atoms with Crippen molar-refractivity contribution in [3.63, 3.8) is 0 Å². The number of aromatic nitrogens is 2. The van der Waals surface area contributed by atoms with Crippen molar-refractivity contribution in [3.8, 4) is 11.5 Å². The summed E-state index contributed by atoms with van der Waals surface area (Å²) >= 11 is 0. The molecular formula is C22H28IN5O2. The first-order valence-corrected chi connectivity index (χ1v) is 9.48. The Balaban J connectivity index is 0.00000320. The Hall–Kier alpha value is -2.75. The fourth-order valence-electron chi connectivity index (χ4n) is 3.03. The molecule has 2 aromatic carbocycles. The van der Waals surface area contributed by atoms with Gasteiger partial charge in [-0.15, -0.1) is 24.0 Å². The van der Waals surface area contributed by atoms with E-state index in [0.29, 0.717) is 25.6 Å². The van der Waals surface area contributed by atoms with E-state index in [9.17, 15) is 0 Å². The van der Waals surface area contributed by atoms with E-state index in [1.54, 1.807) is 20.4 Å². The van der Waals surface area contributed by atoms with Crippen LogP contribution in [-0.2, 0) is 19.5 Å². The first kappa shape index (κ1) is 23.5. The first-order chi connectivity index (χ1) is 14.2. The quantitative estimate of drug-likeness (QED) is 0.257. The summed E-state index contributed by atoms with van der Waals surface area (Å²) in [6, 6.07) is 16.0. The summed E-state index contributed by atoms with van der Waals surface area (Å²) in [6.07, 6.45) is 4.53. The maximum atomic E-state index is 6.05. The molecule has 0 bridgehead atoms. The molecule has 7 nitrogen and oxygen atoms in total. The van der Waals surface area contributed by atoms with Crippen LogP contribution < -0.4 is 20.5 Å². The van der Waals surface area contributed by atoms with Gasteiger partial charge >= 0.3 is 0 Å². The zero-order valence-electron chi connectivity index (χ0n) is 17.2. The van der Waals surface area contributed by atoms with Crippen LogP contribution in [0.4, 0.5) is 0 Å². The molecule has 0 spiro atoms. The van der Waals surface area contributed by atoms with Gasteiger partial charge in [-0.2, -0.15) is 5.10 Å². The van der Waals surface area contributed by atoms with Crippen molar-refractivity contribution >= 4 is 29.9 Å². The number of guanidine groups is 1. The third-order valence-electron chi connectivity index (χ3n) is 4.60. The highest BCUT2D eigenvalue weighted by atomic mass is 127. The molecule has 3 rings (SSSR count). The molecule has 0 radical (unpaired) electrons. The van der Waals surface area contributed by atoms with Crippen LogP contribution in [0.3, 0.4) is 0 Å². The number of ether oxygens (including phenoxy) is 2. The molecule has 0 saturated carbocycles. The number of rotatable bonds is 9. The maximum absolute atomic E-state index is 6.05. The minimum absolute atomic E-state index is 0. The summed E-state index contributed by atoms with van der Waals surface area (Å²) < 4.78 is 12.5. The monoisotopic (exact) mass is 521 g/mol. The van der Waals surface area contributed by atoms with Gasteiger partial charge in [0, 0.05) is 18.9 Å². The van der Waals surface area contributed by atoms with E-state index < -0.39 is 0 Å². The molecule has 0 fully saturated rings. The fraction of sp³-hybridized carbons (Fsp3) is 0.273. The number of nitrogens with zero attached hydrogens (tertiary/aromatic N) is 3. The Labute approximate surface area is 194 Å². The Bertz CT molecular complexity index is 944. The van der Waals surface area contributed by atoms with Crippen molar-refractivity contribution in [2.45, 2.75) is 19.5 Å². The molecule has 0 amide bonds. The van der Waals surface area contributed by atoms with Crippen LogP contribution in [0.1, 0.15) is 16.7 Å². The van der Waals surface area contributed by atoms with Gasteiger partial charge in [-0.05, 0) is 41.3 Å². The van der Waals surface area contributed by atoms with Gasteiger partial charge in [0.15, 0.2) is 17.5 Å². The van der Waals surface area contributed by atoms with Crippen molar-refractivity contribution in [3.05, 3.63) is 77.6 Å². The number of aliphatic imine (C=N–C) groups is 1. The standard InChI is InChI=1S/C22H27N5O2.HI/c1-28-20-9-8-17(14-21(20)29-2)10-12-24-22(23)25-15-18-6-3-4-7-19(18)16-27-13-5-11-26-27;/h3-9,11,13-14H,10,12,15-16H2,1-2H3,(H3,23,24,25);1H. The third kappa shape index (κ3) is 6.65. The zero-order chi connectivity index (χ0) is 20.5. The molecule has 0 aliphatic rings. The molecule has 1 aromatic heterocycles. The van der Waals surface area contributed by atoms with Crippen molar-refractivity contribution in [1.82, 2.24) is 15.1 Å². The van der Waals surface area contributed by atoms with E-state index in [2.05, 4.69) is 27.5 Å². The van der Waals surface area contributed by atoms with Gasteiger partial charge in [-0.25, -0.2) is 4.99 Å². The average Bonchev–Trinajstić information content (AvgIpc) is 3.26. The van der Waals surface area contributed by atoms with Crippen molar-refractivity contribution in [1.29, 1.82) is 0 Å². The summed E-state index contributed by atoms with van der Waals surface area (Å²) in [5.74, 6) is 1.87. The Morgan fingerprint density at radius 2 is 1.83 bits per heavy atom. The van der Waals surface area contributed by atoms with Gasteiger partial charge in [0.25, 0.3) is 0 Å². The summed E-state index contributed by atoms with van der Waals surface area (Å²) in [6.45, 7) is 1.91. The molecule has 3 N–H and O–H groups in total. The average molecular weight is 521 g/mol. The van der Waals surface area contributed by atoms with E-state index in [-0.39, 0.29) is 24.0 Å². The molecule has 1 heterocycles. The van der Waals surface area contributed by atoms with E-state index >= 15 is 0 Å². The first-order valence-electron chi connectivity index (χ1n) is 9.48. The van der Waals surface area contributed by atoms with Crippen LogP contribution in [-0.4, -0.2) is 36.5 Å². The number of nitrogens with two attached hydrogens (primary N) is 1. The Kier molecular flexibility index (Phi) is 9.46. The highest BCUT2D eigenvalue weighted by Crippen LogP contribution is 2.27. The molecule has 0 unspecified atom stereocenters. The Morgan fingerprint density at radius 1 is 1.07 bits per heavy atom. The normalized spacial score (nSPS) is 10.9. The zero-order valence-corrected chi connectivity index (χ0v) is 19.6. The molecule has 0 aliphatic heterocycles. The maximum Gasteiger partial charge on any atom is 0.188 e. The summed E-state index contributed by atoms with van der Waals surface area (Å²) in [4.78, 5) is 4.49. The van der Waals surface area contributed by atoms with Crippen molar-refractivity contribution in [2.75, 3.05) is 20.8 Å². The molecule has 0 aliphatic carbocycles. The number of halogens is 1. The van der Waals surface area contributed by atoms with Gasteiger partial charge in [0.1, 0.15) is 0 Å². The van der Waals surface area contributed by atoms with Gasteiger partial charge in [0.2, 0.25) is 0 Å². The molecule has 8 heteroatoms. The van der Waals surface area contributed by atoms with Gasteiger partial charge in [-0.3, -0.25) is 4.68 Å². The summed E-state index contributed by atoms with van der Waals surface area (Å²) in [7, 11) is 3.26. The second kappa shape index (κ2) is 12.1. The summed E-state index contributed by atoms with van der Waals surface area (Å²) in [5, 5.41) is 7.44. The molecular weight excluding hydrogens is 493 g/mol. The van der Waals surface area contributed by atoms with E-state index in [1.165, 1.54) is 5.56 Å². The second-order valence-electron chi connectivity index (χ2n) is 6.54. The smallest absolute Gasteiger partial charge is 0.188 e. The van der Waals surface area contributed by atoms with E-state index in [0.717, 1.165) is 29.0 Å². The number of methoxy groups -OCH3 is 2. The van der Waals surface area contributed by atoms with Crippen molar-refractivity contribution in [2.24, 2.45) is 10.7 Å². The van der Waals surface area contributed by atoms with E-state index in [1.807, 2.05) is 47.3 Å². The number of hydrogen-bond acceptors (Lipinski definition) is 4. The SMILES string of the molecule is COc1ccc(CCNC(N)=NCc2ccccc2Cn2cccn2)cc1OC.I. The van der Waals surface area contributed by atoms with Crippen LogP contribution in [0.25, 0.3) is 0 Å². The van der Waals surface area contributed by atoms with Gasteiger partial charge in [0.05, 0.1) is 27.3 Å². The van der Waals surface area contributed by atoms with E-state index in [4.69, 9.17) is 15.2 Å². The molecule has 30 heavy (non-hydrogen) atoms. The van der Waals surface area contributed by atoms with Crippen LogP contribution in [0.5, 0.6) is 11.5 Å². The molecule has 3 aromatic rings. The molecule has 0 saturated heterocycles. The lowest BCUT2D eigenvalue weighted by molar-refractivity contribution is 0.354. The van der Waals surface area contributed by atoms with Crippen LogP contribution in [0.2, 0.25) is 0 Å². The van der Waals surface area contributed by atoms with Crippen LogP contribution in [0.15, 0.2) is 65.9 Å². The number of benzene rings is 2. The van der Waals surface area contributed by atoms with Gasteiger partial charge in [-0.1, -0.05) is 30.3 Å². The van der Waals surface area contributed by atoms with Gasteiger partial charge < -0.3 is 20.5 Å². The highest BCUT2D eigenvalue weighted by molar-refractivity contribution is 14.0. The molecule has 160 valence electrons. The minimum atomic E-state index is 0. The van der Waals surface area contributed by atoms with Crippen molar-refractivity contribution < 1.29 is 9.47 Å². The summed E-state index contributed by atoms with van der Waals surface area (Å²) in [5.41, 5.74) is 9.49. The second-order valence-corrected chi connectivity index (χ2v) is 6.54. The minimum Gasteiger partial charge on any atom is -0.493 e. The molecule has 0 atom stereocenters. The topological polar surface area (TPSA) is 86.7 Å². The Morgan fingerprint density at radius 3 is 2.53 bits per heavy atom. The number of hydrogen-bond donors (Lipinski definition) is 2. The largest absolute Gasteiger partial charge is 0.493 e. The fourth-order valence-corrected chi connectivity index (χ4v) is 3.03. The lowest BCUT2D eigenvalue weighted by Crippen LogP contribution is -2.33. The third-order valence-corrected chi connectivity index (χ3v) is 4.60. The lowest BCUT2D eigenvalue weighted by atomic mass is 10.1. The number of nitrogens with one attached hydrogen (secondary N) is 1. The highest BCUT2D eigenvalue weighted by Gasteiger charge is 2.05. The van der Waals surface area contributed by atoms with Crippen LogP contribution in [0, 0.1) is 0 Å². The van der Waals surface area contributed by atoms with Crippen LogP contribution >= 0.6 is 24.0 Å². The lowest BCUT2D eigenvalue weighted by Gasteiger charge is -2.11. The predicted molar refractivity (Wildman–Crippen MR) is 130 cm³/mol.